The Bertz CT molecular complexity index is 1020. The SMILES string of the molecule is C[C@@H](CC(=O)N1CCC(OCCC(=O)O)CC1)NC(=O)OCC1c2ccccc2-c2ccccc21. The number of hydrogen-bond donors (Lipinski definition) is 2. The van der Waals surface area contributed by atoms with Crippen LogP contribution >= 0.6 is 0 Å². The summed E-state index contributed by atoms with van der Waals surface area (Å²) in [5, 5.41) is 11.5. The number of amides is 2. The van der Waals surface area contributed by atoms with Crippen LogP contribution in [0, 0.1) is 0 Å². The molecule has 0 bridgehead atoms. The highest BCUT2D eigenvalue weighted by Crippen LogP contribution is 2.44. The predicted molar refractivity (Wildman–Crippen MR) is 130 cm³/mol. The molecule has 8 nitrogen and oxygen atoms in total. The van der Waals surface area contributed by atoms with Gasteiger partial charge in [0.25, 0.3) is 0 Å². The molecule has 2 amide bonds. The Morgan fingerprint density at radius 1 is 1.03 bits per heavy atom. The summed E-state index contributed by atoms with van der Waals surface area (Å²) in [6.07, 6.45) is 0.985. The minimum absolute atomic E-state index is 0.0101. The normalized spacial score (nSPS) is 16.3. The van der Waals surface area contributed by atoms with E-state index in [1.54, 1.807) is 11.8 Å². The lowest BCUT2D eigenvalue weighted by atomic mass is 9.98. The third-order valence-corrected chi connectivity index (χ3v) is 6.65. The van der Waals surface area contributed by atoms with Crippen LogP contribution in [0.25, 0.3) is 11.1 Å². The minimum Gasteiger partial charge on any atom is -0.481 e. The fraction of sp³-hybridized carbons (Fsp3) is 0.444. The first-order valence-electron chi connectivity index (χ1n) is 12.1. The summed E-state index contributed by atoms with van der Waals surface area (Å²) in [4.78, 5) is 37.5. The topological polar surface area (TPSA) is 105 Å². The standard InChI is InChI=1S/C27H32N2O6/c1-18(16-25(30)29-13-10-19(11-14-29)34-15-12-26(31)32)28-27(33)35-17-24-22-8-4-2-6-20(22)21-7-3-5-9-23(21)24/h2-9,18-19,24H,10-17H2,1H3,(H,28,33)(H,31,32)/t18-/m0/s1. The molecule has 2 aliphatic rings. The molecule has 4 rings (SSSR count). The van der Waals surface area contributed by atoms with Crippen LogP contribution < -0.4 is 5.32 Å². The Morgan fingerprint density at radius 3 is 2.23 bits per heavy atom. The van der Waals surface area contributed by atoms with E-state index in [0.717, 1.165) is 11.1 Å². The van der Waals surface area contributed by atoms with Gasteiger partial charge in [-0.15, -0.1) is 0 Å². The highest BCUT2D eigenvalue weighted by Gasteiger charge is 2.29. The van der Waals surface area contributed by atoms with Crippen molar-refractivity contribution < 1.29 is 29.0 Å². The van der Waals surface area contributed by atoms with Gasteiger partial charge in [-0.2, -0.15) is 0 Å². The van der Waals surface area contributed by atoms with Gasteiger partial charge < -0.3 is 24.8 Å². The molecule has 1 saturated heterocycles. The Balaban J connectivity index is 1.20. The number of carboxylic acid groups (broad SMARTS) is 1. The molecule has 0 aromatic heterocycles. The molecule has 2 N–H and O–H groups in total. The number of carboxylic acids is 1. The van der Waals surface area contributed by atoms with Gasteiger partial charge in [-0.05, 0) is 42.0 Å². The van der Waals surface area contributed by atoms with E-state index in [4.69, 9.17) is 14.6 Å². The van der Waals surface area contributed by atoms with Crippen molar-refractivity contribution in [3.05, 3.63) is 59.7 Å². The second-order valence-corrected chi connectivity index (χ2v) is 9.17. The number of hydrogen-bond acceptors (Lipinski definition) is 5. The smallest absolute Gasteiger partial charge is 0.407 e. The number of nitrogens with one attached hydrogen (secondary N) is 1. The third kappa shape index (κ3) is 6.19. The first-order valence-corrected chi connectivity index (χ1v) is 12.1. The summed E-state index contributed by atoms with van der Waals surface area (Å²) in [5.41, 5.74) is 4.65. The molecule has 2 aromatic carbocycles. The van der Waals surface area contributed by atoms with Crippen molar-refractivity contribution in [1.82, 2.24) is 10.2 Å². The second kappa shape index (κ2) is 11.4. The summed E-state index contributed by atoms with van der Waals surface area (Å²) >= 11 is 0. The molecule has 0 radical (unpaired) electrons. The van der Waals surface area contributed by atoms with Gasteiger partial charge in [0.05, 0.1) is 19.1 Å². The van der Waals surface area contributed by atoms with Crippen LogP contribution in [-0.4, -0.2) is 66.4 Å². The highest BCUT2D eigenvalue weighted by atomic mass is 16.5. The average Bonchev–Trinajstić information content (AvgIpc) is 3.16. The molecular formula is C27H32N2O6. The summed E-state index contributed by atoms with van der Waals surface area (Å²) in [6.45, 7) is 3.34. The quantitative estimate of drug-likeness (QED) is 0.566. The van der Waals surface area contributed by atoms with E-state index in [2.05, 4.69) is 29.6 Å². The number of likely N-dealkylation sites (tertiary alicyclic amines) is 1. The highest BCUT2D eigenvalue weighted by molar-refractivity contribution is 5.79. The number of benzene rings is 2. The molecule has 1 fully saturated rings. The number of ether oxygens (including phenoxy) is 2. The van der Waals surface area contributed by atoms with Crippen molar-refractivity contribution >= 4 is 18.0 Å². The van der Waals surface area contributed by atoms with Crippen molar-refractivity contribution in [2.45, 2.75) is 50.7 Å². The second-order valence-electron chi connectivity index (χ2n) is 9.17. The van der Waals surface area contributed by atoms with Crippen molar-refractivity contribution in [2.75, 3.05) is 26.3 Å². The van der Waals surface area contributed by atoms with E-state index >= 15 is 0 Å². The first-order chi connectivity index (χ1) is 16.9. The van der Waals surface area contributed by atoms with Gasteiger partial charge in [0, 0.05) is 31.5 Å². The Hall–Kier alpha value is -3.39. The van der Waals surface area contributed by atoms with Crippen LogP contribution in [0.5, 0.6) is 0 Å². The zero-order valence-corrected chi connectivity index (χ0v) is 19.9. The van der Waals surface area contributed by atoms with E-state index in [0.29, 0.717) is 25.9 Å². The lowest BCUT2D eigenvalue weighted by Gasteiger charge is -2.32. The van der Waals surface area contributed by atoms with Crippen LogP contribution in [0.1, 0.15) is 49.7 Å². The van der Waals surface area contributed by atoms with Crippen LogP contribution in [-0.2, 0) is 19.1 Å². The van der Waals surface area contributed by atoms with Gasteiger partial charge in [-0.25, -0.2) is 4.79 Å². The molecular weight excluding hydrogens is 448 g/mol. The van der Waals surface area contributed by atoms with Gasteiger partial charge in [0.2, 0.25) is 5.91 Å². The lowest BCUT2D eigenvalue weighted by molar-refractivity contribution is -0.139. The average molecular weight is 481 g/mol. The monoisotopic (exact) mass is 480 g/mol. The molecule has 1 aliphatic carbocycles. The van der Waals surface area contributed by atoms with Crippen molar-refractivity contribution in [1.29, 1.82) is 0 Å². The minimum atomic E-state index is -0.879. The van der Waals surface area contributed by atoms with Crippen LogP contribution in [0.15, 0.2) is 48.5 Å². The number of carbonyl (C=O) groups is 3. The third-order valence-electron chi connectivity index (χ3n) is 6.65. The number of carbonyl (C=O) groups excluding carboxylic acids is 2. The summed E-state index contributed by atoms with van der Waals surface area (Å²) in [5.74, 6) is -0.917. The zero-order chi connectivity index (χ0) is 24.8. The Morgan fingerprint density at radius 2 is 1.63 bits per heavy atom. The molecule has 1 heterocycles. The number of rotatable bonds is 9. The van der Waals surface area contributed by atoms with Crippen LogP contribution in [0.3, 0.4) is 0 Å². The Labute approximate surface area is 205 Å². The fourth-order valence-corrected chi connectivity index (χ4v) is 4.87. The number of piperidine rings is 1. The van der Waals surface area contributed by atoms with Crippen molar-refractivity contribution in [3.8, 4) is 11.1 Å². The largest absolute Gasteiger partial charge is 0.481 e. The van der Waals surface area contributed by atoms with Gasteiger partial charge in [0.15, 0.2) is 0 Å². The zero-order valence-electron chi connectivity index (χ0n) is 19.9. The molecule has 0 saturated carbocycles. The molecule has 186 valence electrons. The fourth-order valence-electron chi connectivity index (χ4n) is 4.87. The summed E-state index contributed by atoms with van der Waals surface area (Å²) < 4.78 is 11.1. The molecule has 8 heteroatoms. The van der Waals surface area contributed by atoms with Gasteiger partial charge >= 0.3 is 12.1 Å². The van der Waals surface area contributed by atoms with E-state index in [1.165, 1.54) is 11.1 Å². The molecule has 1 atom stereocenters. The number of alkyl carbamates (subject to hydrolysis) is 1. The molecule has 1 aliphatic heterocycles. The Kier molecular flexibility index (Phi) is 8.02. The van der Waals surface area contributed by atoms with Crippen molar-refractivity contribution in [2.24, 2.45) is 0 Å². The van der Waals surface area contributed by atoms with Gasteiger partial charge in [-0.1, -0.05) is 48.5 Å². The van der Waals surface area contributed by atoms with E-state index in [9.17, 15) is 14.4 Å². The van der Waals surface area contributed by atoms with Gasteiger partial charge in [-0.3, -0.25) is 9.59 Å². The van der Waals surface area contributed by atoms with E-state index in [-0.39, 0.29) is 50.0 Å². The molecule has 2 aromatic rings. The van der Waals surface area contributed by atoms with Gasteiger partial charge in [0.1, 0.15) is 6.61 Å². The number of aliphatic carboxylic acids is 1. The summed E-state index contributed by atoms with van der Waals surface area (Å²) in [7, 11) is 0. The lowest BCUT2D eigenvalue weighted by Crippen LogP contribution is -2.44. The number of nitrogens with zero attached hydrogens (tertiary/aromatic N) is 1. The molecule has 0 spiro atoms. The molecule has 35 heavy (non-hydrogen) atoms. The molecule has 0 unspecified atom stereocenters. The maximum atomic E-state index is 12.7. The van der Waals surface area contributed by atoms with E-state index < -0.39 is 12.1 Å². The van der Waals surface area contributed by atoms with Crippen LogP contribution in [0.2, 0.25) is 0 Å². The number of fused-ring (bicyclic) bond motifs is 3. The summed E-state index contributed by atoms with van der Waals surface area (Å²) in [6, 6.07) is 16.0. The van der Waals surface area contributed by atoms with E-state index in [1.807, 2.05) is 24.3 Å². The maximum Gasteiger partial charge on any atom is 0.407 e. The predicted octanol–water partition coefficient (Wildman–Crippen LogP) is 3.79. The first kappa shape index (κ1) is 24.7. The van der Waals surface area contributed by atoms with Crippen molar-refractivity contribution in [3.63, 3.8) is 0 Å². The van der Waals surface area contributed by atoms with Crippen LogP contribution in [0.4, 0.5) is 4.79 Å². The maximum absolute atomic E-state index is 12.7.